The second kappa shape index (κ2) is 8.98. The van der Waals surface area contributed by atoms with E-state index in [9.17, 15) is 9.00 Å². The van der Waals surface area contributed by atoms with Crippen LogP contribution in [0.2, 0.25) is 0 Å². The quantitative estimate of drug-likeness (QED) is 0.696. The zero-order valence-electron chi connectivity index (χ0n) is 14.9. The highest BCUT2D eigenvalue weighted by Gasteiger charge is 2.07. The Bertz CT molecular complexity index is 1030. The molecular weight excluding hydrogens is 354 g/mol. The predicted octanol–water partition coefficient (Wildman–Crippen LogP) is 4.22. The molecule has 134 valence electrons. The highest BCUT2D eigenvalue weighted by atomic mass is 32.2. The number of carbonyl (C=O) groups is 1. The van der Waals surface area contributed by atoms with Crippen LogP contribution in [-0.2, 0) is 16.6 Å². The van der Waals surface area contributed by atoms with Crippen LogP contribution in [0.25, 0.3) is 0 Å². The lowest BCUT2D eigenvalue weighted by molar-refractivity contribution is 0.102. The second-order valence-electron chi connectivity index (χ2n) is 6.07. The molecule has 0 heterocycles. The van der Waals surface area contributed by atoms with Crippen LogP contribution in [0, 0.1) is 11.8 Å². The number of rotatable bonds is 4. The first kappa shape index (κ1) is 18.6. The molecule has 1 unspecified atom stereocenters. The highest BCUT2D eigenvalue weighted by molar-refractivity contribution is 7.83. The van der Waals surface area contributed by atoms with E-state index in [-0.39, 0.29) is 5.91 Å². The van der Waals surface area contributed by atoms with Crippen LogP contribution in [0.3, 0.4) is 0 Å². The summed E-state index contributed by atoms with van der Waals surface area (Å²) >= 11 is 0. The molecule has 3 rings (SSSR count). The molecule has 0 aromatic heterocycles. The summed E-state index contributed by atoms with van der Waals surface area (Å²) in [6, 6.07) is 24.4. The maximum absolute atomic E-state index is 12.5. The Kier molecular flexibility index (Phi) is 6.19. The topological polar surface area (TPSA) is 46.2 Å². The third kappa shape index (κ3) is 5.67. The molecule has 27 heavy (non-hydrogen) atoms. The number of benzene rings is 3. The molecule has 3 aromatic carbocycles. The smallest absolute Gasteiger partial charge is 0.255 e. The van der Waals surface area contributed by atoms with Crippen molar-refractivity contribution in [1.82, 2.24) is 0 Å². The summed E-state index contributed by atoms with van der Waals surface area (Å²) in [4.78, 5) is 12.5. The van der Waals surface area contributed by atoms with Gasteiger partial charge in [0, 0.05) is 45.2 Å². The Balaban J connectivity index is 1.74. The van der Waals surface area contributed by atoms with Gasteiger partial charge in [0.1, 0.15) is 0 Å². The Morgan fingerprint density at radius 2 is 1.59 bits per heavy atom. The van der Waals surface area contributed by atoms with E-state index in [4.69, 9.17) is 0 Å². The van der Waals surface area contributed by atoms with E-state index in [0.717, 1.165) is 16.7 Å². The molecule has 1 amide bonds. The molecule has 1 N–H and O–H groups in total. The van der Waals surface area contributed by atoms with E-state index < -0.39 is 10.8 Å². The van der Waals surface area contributed by atoms with Crippen molar-refractivity contribution in [3.05, 3.63) is 101 Å². The molecule has 1 atom stereocenters. The van der Waals surface area contributed by atoms with Crippen LogP contribution < -0.4 is 5.32 Å². The molecule has 0 aliphatic rings. The van der Waals surface area contributed by atoms with Gasteiger partial charge in [-0.15, -0.1) is 0 Å². The Labute approximate surface area is 161 Å². The summed E-state index contributed by atoms with van der Waals surface area (Å²) in [7, 11) is -0.944. The van der Waals surface area contributed by atoms with Gasteiger partial charge in [0.25, 0.3) is 5.91 Å². The van der Waals surface area contributed by atoms with Gasteiger partial charge in [-0.2, -0.15) is 0 Å². The molecule has 3 aromatic rings. The number of hydrogen-bond donors (Lipinski definition) is 1. The fraction of sp³-hybridized carbons (Fsp3) is 0.0870. The maximum Gasteiger partial charge on any atom is 0.255 e. The summed E-state index contributed by atoms with van der Waals surface area (Å²) in [6.45, 7) is 0. The second-order valence-corrected chi connectivity index (χ2v) is 7.50. The fourth-order valence-electron chi connectivity index (χ4n) is 2.58. The molecule has 0 spiro atoms. The van der Waals surface area contributed by atoms with Crippen LogP contribution in [0.15, 0.2) is 78.9 Å². The maximum atomic E-state index is 12.5. The Morgan fingerprint density at radius 1 is 0.889 bits per heavy atom. The van der Waals surface area contributed by atoms with Gasteiger partial charge in [0.15, 0.2) is 0 Å². The molecule has 0 bridgehead atoms. The number of amides is 1. The van der Waals surface area contributed by atoms with Crippen molar-refractivity contribution in [3.8, 4) is 11.8 Å². The molecule has 0 aliphatic carbocycles. The lowest BCUT2D eigenvalue weighted by Crippen LogP contribution is -2.12. The van der Waals surface area contributed by atoms with Crippen molar-refractivity contribution in [3.63, 3.8) is 0 Å². The van der Waals surface area contributed by atoms with Crippen LogP contribution in [-0.4, -0.2) is 16.4 Å². The van der Waals surface area contributed by atoms with E-state index in [1.807, 2.05) is 60.7 Å². The van der Waals surface area contributed by atoms with E-state index >= 15 is 0 Å². The van der Waals surface area contributed by atoms with Gasteiger partial charge in [-0.05, 0) is 48.0 Å². The molecular formula is C23H19NO2S. The van der Waals surface area contributed by atoms with Gasteiger partial charge in [0.2, 0.25) is 0 Å². The van der Waals surface area contributed by atoms with Gasteiger partial charge < -0.3 is 5.32 Å². The van der Waals surface area contributed by atoms with Gasteiger partial charge in [-0.25, -0.2) is 0 Å². The van der Waals surface area contributed by atoms with E-state index in [2.05, 4.69) is 17.2 Å². The molecule has 0 saturated carbocycles. The molecule has 0 radical (unpaired) electrons. The first-order valence-electron chi connectivity index (χ1n) is 8.47. The van der Waals surface area contributed by atoms with Gasteiger partial charge >= 0.3 is 0 Å². The average Bonchev–Trinajstić information content (AvgIpc) is 2.67. The van der Waals surface area contributed by atoms with Crippen molar-refractivity contribution in [2.24, 2.45) is 0 Å². The van der Waals surface area contributed by atoms with Crippen molar-refractivity contribution in [2.45, 2.75) is 5.75 Å². The summed E-state index contributed by atoms with van der Waals surface area (Å²) in [6.07, 6.45) is 1.65. The monoisotopic (exact) mass is 373 g/mol. The average molecular weight is 373 g/mol. The van der Waals surface area contributed by atoms with Gasteiger partial charge in [-0.3, -0.25) is 9.00 Å². The normalized spacial score (nSPS) is 11.1. The highest BCUT2D eigenvalue weighted by Crippen LogP contribution is 2.13. The molecule has 0 fully saturated rings. The molecule has 0 saturated heterocycles. The van der Waals surface area contributed by atoms with Crippen molar-refractivity contribution < 1.29 is 9.00 Å². The lowest BCUT2D eigenvalue weighted by atomic mass is 10.1. The molecule has 3 nitrogen and oxygen atoms in total. The third-order valence-corrected chi connectivity index (χ3v) is 4.54. The van der Waals surface area contributed by atoms with Crippen molar-refractivity contribution >= 4 is 22.4 Å². The lowest BCUT2D eigenvalue weighted by Gasteiger charge is -2.07. The number of carbonyl (C=O) groups excluding carboxylic acids is 1. The minimum Gasteiger partial charge on any atom is -0.322 e. The zero-order chi connectivity index (χ0) is 19.1. The fourth-order valence-corrected chi connectivity index (χ4v) is 3.23. The third-order valence-electron chi connectivity index (χ3n) is 3.80. The zero-order valence-corrected chi connectivity index (χ0v) is 15.8. The SMILES string of the molecule is CS(=O)Cc1cccc(C(=O)Nc2cccc(C#Cc3ccccc3)c2)c1. The van der Waals surface area contributed by atoms with Gasteiger partial charge in [-0.1, -0.05) is 48.2 Å². The summed E-state index contributed by atoms with van der Waals surface area (Å²) < 4.78 is 11.4. The predicted molar refractivity (Wildman–Crippen MR) is 111 cm³/mol. The number of hydrogen-bond acceptors (Lipinski definition) is 2. The van der Waals surface area contributed by atoms with Crippen LogP contribution in [0.4, 0.5) is 5.69 Å². The Hall–Kier alpha value is -3.16. The molecule has 4 heteroatoms. The minimum absolute atomic E-state index is 0.202. The largest absolute Gasteiger partial charge is 0.322 e. The summed E-state index contributed by atoms with van der Waals surface area (Å²) in [5.41, 5.74) is 3.87. The summed E-state index contributed by atoms with van der Waals surface area (Å²) in [5, 5.41) is 2.89. The van der Waals surface area contributed by atoms with Crippen LogP contribution >= 0.6 is 0 Å². The number of nitrogens with one attached hydrogen (secondary N) is 1. The first-order valence-corrected chi connectivity index (χ1v) is 10.2. The van der Waals surface area contributed by atoms with Crippen molar-refractivity contribution in [2.75, 3.05) is 11.6 Å². The Morgan fingerprint density at radius 3 is 2.37 bits per heavy atom. The van der Waals surface area contributed by atoms with Gasteiger partial charge in [0.05, 0.1) is 0 Å². The molecule has 0 aliphatic heterocycles. The van der Waals surface area contributed by atoms with E-state index in [0.29, 0.717) is 17.0 Å². The summed E-state index contributed by atoms with van der Waals surface area (Å²) in [5.74, 6) is 6.45. The van der Waals surface area contributed by atoms with Crippen LogP contribution in [0.1, 0.15) is 27.0 Å². The standard InChI is InChI=1S/C23H19NO2S/c1-27(26)17-20-10-5-11-21(15-20)23(25)24-22-12-6-9-19(16-22)14-13-18-7-3-2-4-8-18/h2-12,15-16H,17H2,1H3,(H,24,25). The minimum atomic E-state index is -0.944. The number of anilines is 1. The van der Waals surface area contributed by atoms with Crippen molar-refractivity contribution in [1.29, 1.82) is 0 Å². The van der Waals surface area contributed by atoms with E-state index in [1.165, 1.54) is 0 Å². The van der Waals surface area contributed by atoms with E-state index in [1.54, 1.807) is 24.5 Å². The van der Waals surface area contributed by atoms with Crippen LogP contribution in [0.5, 0.6) is 0 Å². The first-order chi connectivity index (χ1) is 13.1.